The molecule has 0 saturated heterocycles. The zero-order valence-electron chi connectivity index (χ0n) is 24.0. The first-order chi connectivity index (χ1) is 19.3. The van der Waals surface area contributed by atoms with E-state index in [4.69, 9.17) is 23.2 Å². The van der Waals surface area contributed by atoms with Crippen LogP contribution in [0.5, 0.6) is 0 Å². The largest absolute Gasteiger partial charge is 0.352 e. The summed E-state index contributed by atoms with van der Waals surface area (Å²) >= 11 is 13.0. The van der Waals surface area contributed by atoms with Gasteiger partial charge in [-0.2, -0.15) is 0 Å². The Morgan fingerprint density at radius 3 is 2.00 bits per heavy atom. The molecule has 0 aromatic heterocycles. The monoisotopic (exact) mass is 617 g/mol. The summed E-state index contributed by atoms with van der Waals surface area (Å²) in [5.74, 6) is -0.910. The predicted octanol–water partition coefficient (Wildman–Crippen LogP) is 5.93. The Morgan fingerprint density at radius 2 is 1.46 bits per heavy atom. The Balaban J connectivity index is 2.14. The van der Waals surface area contributed by atoms with E-state index in [-0.39, 0.29) is 24.9 Å². The molecule has 7 nitrogen and oxygen atoms in total. The molecule has 0 unspecified atom stereocenters. The summed E-state index contributed by atoms with van der Waals surface area (Å²) in [5.41, 5.74) is 3.16. The Morgan fingerprint density at radius 1 is 0.902 bits per heavy atom. The molecule has 0 radical (unpaired) electrons. The number of halogens is 2. The average molecular weight is 619 g/mol. The number of aryl methyl sites for hydroxylation is 2. The number of hydrogen-bond donors (Lipinski definition) is 1. The Kier molecular flexibility index (Phi) is 11.2. The summed E-state index contributed by atoms with van der Waals surface area (Å²) < 4.78 is 27.3. The zero-order valence-corrected chi connectivity index (χ0v) is 26.4. The average Bonchev–Trinajstić information content (AvgIpc) is 2.91. The minimum atomic E-state index is -3.88. The number of anilines is 1. The maximum atomic E-state index is 14.3. The van der Waals surface area contributed by atoms with Gasteiger partial charge in [0.15, 0.2) is 0 Å². The lowest BCUT2D eigenvalue weighted by atomic mass is 10.0. The van der Waals surface area contributed by atoms with Gasteiger partial charge in [-0.15, -0.1) is 0 Å². The maximum absolute atomic E-state index is 14.3. The van der Waals surface area contributed by atoms with Crippen LogP contribution in [0.15, 0.2) is 66.7 Å². The van der Waals surface area contributed by atoms with Crippen LogP contribution in [0.25, 0.3) is 0 Å². The molecule has 3 aromatic carbocycles. The number of amides is 2. The Bertz CT molecular complexity index is 1440. The van der Waals surface area contributed by atoms with E-state index < -0.39 is 28.5 Å². The summed E-state index contributed by atoms with van der Waals surface area (Å²) in [6.07, 6.45) is 1.97. The van der Waals surface area contributed by atoms with E-state index >= 15 is 0 Å². The van der Waals surface area contributed by atoms with Crippen molar-refractivity contribution in [3.63, 3.8) is 0 Å². The number of rotatable bonds is 12. The highest BCUT2D eigenvalue weighted by Crippen LogP contribution is 2.30. The van der Waals surface area contributed by atoms with Crippen LogP contribution in [-0.4, -0.2) is 50.0 Å². The highest BCUT2D eigenvalue weighted by atomic mass is 35.5. The van der Waals surface area contributed by atoms with Gasteiger partial charge in [-0.25, -0.2) is 8.42 Å². The number of nitrogens with zero attached hydrogens (tertiary/aromatic N) is 2. The lowest BCUT2D eigenvalue weighted by Gasteiger charge is -2.35. The van der Waals surface area contributed by atoms with Crippen molar-refractivity contribution in [3.8, 4) is 0 Å². The standard InChI is InChI=1S/C31H37Cl2N3O4S/c1-6-23(4)34-31(38)28(18-24-14-8-7-9-15-24)35(19-25-26(32)16-11-17-27(25)33)29(37)20-36(41(5,39)40)30-21(2)12-10-13-22(30)3/h7-17,23,28H,6,18-20H2,1-5H3,(H,34,38)/t23-,28-/m0/s1. The van der Waals surface area contributed by atoms with Crippen molar-refractivity contribution in [2.24, 2.45) is 0 Å². The van der Waals surface area contributed by atoms with Gasteiger partial charge in [0.2, 0.25) is 21.8 Å². The molecule has 0 aliphatic heterocycles. The molecular formula is C31H37Cl2N3O4S. The minimum absolute atomic E-state index is 0.0902. The Hall–Kier alpha value is -3.07. The van der Waals surface area contributed by atoms with E-state index in [1.165, 1.54) is 4.90 Å². The van der Waals surface area contributed by atoms with Gasteiger partial charge in [0.05, 0.1) is 11.9 Å². The smallest absolute Gasteiger partial charge is 0.244 e. The van der Waals surface area contributed by atoms with Crippen molar-refractivity contribution in [1.29, 1.82) is 0 Å². The van der Waals surface area contributed by atoms with E-state index in [2.05, 4.69) is 5.32 Å². The molecule has 2 amide bonds. The number of carbonyl (C=O) groups is 2. The quantitative estimate of drug-likeness (QED) is 0.273. The third-order valence-corrected chi connectivity index (χ3v) is 8.85. The van der Waals surface area contributed by atoms with E-state index in [9.17, 15) is 18.0 Å². The molecule has 3 rings (SSSR count). The summed E-state index contributed by atoms with van der Waals surface area (Å²) in [6.45, 7) is 6.84. The molecule has 1 N–H and O–H groups in total. The third-order valence-electron chi connectivity index (χ3n) is 7.03. The molecule has 0 aliphatic carbocycles. The highest BCUT2D eigenvalue weighted by molar-refractivity contribution is 7.92. The van der Waals surface area contributed by atoms with Crippen molar-refractivity contribution in [2.45, 2.75) is 59.2 Å². The summed E-state index contributed by atoms with van der Waals surface area (Å²) in [5, 5.41) is 3.68. The van der Waals surface area contributed by atoms with Crippen LogP contribution in [0.3, 0.4) is 0 Å². The number of nitrogens with one attached hydrogen (secondary N) is 1. The fourth-order valence-corrected chi connectivity index (χ4v) is 6.11. The second kappa shape index (κ2) is 14.2. The van der Waals surface area contributed by atoms with E-state index in [1.807, 2.05) is 50.2 Å². The molecule has 220 valence electrons. The van der Waals surface area contributed by atoms with Gasteiger partial charge in [0, 0.05) is 34.6 Å². The molecule has 41 heavy (non-hydrogen) atoms. The highest BCUT2D eigenvalue weighted by Gasteiger charge is 2.34. The number of benzene rings is 3. The second-order valence-corrected chi connectivity index (χ2v) is 13.0. The zero-order chi connectivity index (χ0) is 30.3. The first kappa shape index (κ1) is 32.4. The number of hydrogen-bond acceptors (Lipinski definition) is 4. The van der Waals surface area contributed by atoms with Crippen LogP contribution >= 0.6 is 23.2 Å². The molecule has 0 fully saturated rings. The molecule has 0 heterocycles. The van der Waals surface area contributed by atoms with Gasteiger partial charge in [-0.05, 0) is 56.0 Å². The van der Waals surface area contributed by atoms with Crippen molar-refractivity contribution in [2.75, 3.05) is 17.1 Å². The van der Waals surface area contributed by atoms with E-state index in [0.29, 0.717) is 38.8 Å². The van der Waals surface area contributed by atoms with Gasteiger partial charge in [0.1, 0.15) is 12.6 Å². The first-order valence-corrected chi connectivity index (χ1v) is 16.0. The summed E-state index contributed by atoms with van der Waals surface area (Å²) in [7, 11) is -3.88. The number of carbonyl (C=O) groups excluding carboxylic acids is 2. The normalized spacial score (nSPS) is 12.9. The molecule has 0 saturated carbocycles. The van der Waals surface area contributed by atoms with Crippen LogP contribution < -0.4 is 9.62 Å². The van der Waals surface area contributed by atoms with Gasteiger partial charge in [-0.1, -0.05) is 84.7 Å². The number of para-hydroxylation sites is 1. The summed E-state index contributed by atoms with van der Waals surface area (Å²) in [4.78, 5) is 29.4. The SMILES string of the molecule is CC[C@H](C)NC(=O)[C@H](Cc1ccccc1)N(Cc1c(Cl)cccc1Cl)C(=O)CN(c1c(C)cccc1C)S(C)(=O)=O. The topological polar surface area (TPSA) is 86.8 Å². The predicted molar refractivity (Wildman–Crippen MR) is 167 cm³/mol. The minimum Gasteiger partial charge on any atom is -0.352 e. The molecular weight excluding hydrogens is 581 g/mol. The molecule has 0 bridgehead atoms. The molecule has 3 aromatic rings. The molecule has 0 spiro atoms. The lowest BCUT2D eigenvalue weighted by molar-refractivity contribution is -0.140. The van der Waals surface area contributed by atoms with Crippen molar-refractivity contribution >= 4 is 50.7 Å². The van der Waals surface area contributed by atoms with E-state index in [1.54, 1.807) is 44.2 Å². The summed E-state index contributed by atoms with van der Waals surface area (Å²) in [6, 6.07) is 18.7. The van der Waals surface area contributed by atoms with Crippen LogP contribution in [0.1, 0.15) is 42.5 Å². The molecule has 0 aliphatic rings. The van der Waals surface area contributed by atoms with Crippen molar-refractivity contribution < 1.29 is 18.0 Å². The third kappa shape index (κ3) is 8.47. The van der Waals surface area contributed by atoms with Gasteiger partial charge in [-0.3, -0.25) is 13.9 Å². The van der Waals surface area contributed by atoms with Crippen molar-refractivity contribution in [3.05, 3.63) is 99.0 Å². The maximum Gasteiger partial charge on any atom is 0.244 e. The molecule has 2 atom stereocenters. The van der Waals surface area contributed by atoms with Gasteiger partial charge in [0.25, 0.3) is 0 Å². The molecule has 10 heteroatoms. The Labute approximate surface area is 253 Å². The van der Waals surface area contributed by atoms with Gasteiger partial charge >= 0.3 is 0 Å². The van der Waals surface area contributed by atoms with Crippen LogP contribution in [0, 0.1) is 13.8 Å². The van der Waals surface area contributed by atoms with Gasteiger partial charge < -0.3 is 10.2 Å². The van der Waals surface area contributed by atoms with Crippen LogP contribution in [0.2, 0.25) is 10.0 Å². The van der Waals surface area contributed by atoms with Crippen LogP contribution in [-0.2, 0) is 32.6 Å². The number of sulfonamides is 1. The lowest BCUT2D eigenvalue weighted by Crippen LogP contribution is -2.54. The fraction of sp³-hybridized carbons (Fsp3) is 0.355. The van der Waals surface area contributed by atoms with Crippen LogP contribution in [0.4, 0.5) is 5.69 Å². The first-order valence-electron chi connectivity index (χ1n) is 13.4. The van der Waals surface area contributed by atoms with E-state index in [0.717, 1.165) is 16.1 Å². The second-order valence-electron chi connectivity index (χ2n) is 10.3. The fourth-order valence-electron chi connectivity index (χ4n) is 4.62. The van der Waals surface area contributed by atoms with Crippen molar-refractivity contribution in [1.82, 2.24) is 10.2 Å².